The van der Waals surface area contributed by atoms with E-state index in [2.05, 4.69) is 15.8 Å². The van der Waals surface area contributed by atoms with Gasteiger partial charge in [0.2, 0.25) is 0 Å². The van der Waals surface area contributed by atoms with Crippen LogP contribution in [0.25, 0.3) is 22.2 Å². The highest BCUT2D eigenvalue weighted by Gasteiger charge is 2.59. The third-order valence-corrected chi connectivity index (χ3v) is 11.2. The Kier molecular flexibility index (Phi) is 7.17. The van der Waals surface area contributed by atoms with E-state index in [-0.39, 0.29) is 30.2 Å². The molecule has 3 atom stereocenters. The number of carbonyl (C=O) groups is 1. The van der Waals surface area contributed by atoms with Crippen molar-refractivity contribution in [2.45, 2.75) is 75.9 Å². The predicted molar refractivity (Wildman–Crippen MR) is 169 cm³/mol. The van der Waals surface area contributed by atoms with Gasteiger partial charge in [-0.15, -0.1) is 4.72 Å². The summed E-state index contributed by atoms with van der Waals surface area (Å²) in [7, 11) is 1.68. The van der Waals surface area contributed by atoms with Gasteiger partial charge in [-0.1, -0.05) is 12.1 Å². The number of alkyl halides is 2. The summed E-state index contributed by atoms with van der Waals surface area (Å²) < 4.78 is 65.4. The Bertz CT molecular complexity index is 1980. The Balaban J connectivity index is 1.30. The maximum Gasteiger partial charge on any atom is 0.387 e. The number of halogens is 3. The molecule has 0 spiro atoms. The van der Waals surface area contributed by atoms with E-state index in [1.54, 1.807) is 43.3 Å². The van der Waals surface area contributed by atoms with Gasteiger partial charge in [-0.25, -0.2) is 9.37 Å². The van der Waals surface area contributed by atoms with Crippen molar-refractivity contribution in [1.29, 1.82) is 5.26 Å². The van der Waals surface area contributed by atoms with Crippen LogP contribution in [0.5, 0.6) is 5.75 Å². The molecular weight excluding hydrogens is 629 g/mol. The van der Waals surface area contributed by atoms with Gasteiger partial charge in [-0.2, -0.15) is 14.0 Å². The molecule has 0 saturated heterocycles. The first-order valence-electron chi connectivity index (χ1n) is 15.3. The molecule has 2 aliphatic heterocycles. The second-order valence-corrected chi connectivity index (χ2v) is 15.9. The van der Waals surface area contributed by atoms with Crippen LogP contribution in [0.3, 0.4) is 0 Å². The van der Waals surface area contributed by atoms with E-state index in [0.29, 0.717) is 45.5 Å². The van der Waals surface area contributed by atoms with E-state index >= 15 is 4.39 Å². The highest BCUT2D eigenvalue weighted by molar-refractivity contribution is 7.90. The summed E-state index contributed by atoms with van der Waals surface area (Å²) >= 11 is -1.53. The lowest BCUT2D eigenvalue weighted by molar-refractivity contribution is -0.0507. The zero-order valence-corrected chi connectivity index (χ0v) is 27.3. The van der Waals surface area contributed by atoms with E-state index in [4.69, 9.17) is 9.72 Å². The lowest BCUT2D eigenvalue weighted by Crippen LogP contribution is -2.61. The number of ether oxygens (including phenoxy) is 1. The van der Waals surface area contributed by atoms with Gasteiger partial charge in [0.1, 0.15) is 33.4 Å². The molecule has 2 aromatic carbocycles. The predicted octanol–water partition coefficient (Wildman–Crippen LogP) is 6.53. The number of rotatable bonds is 6. The van der Waals surface area contributed by atoms with Gasteiger partial charge in [-0.05, 0) is 76.4 Å². The minimum Gasteiger partial charge on any atom is -0.598 e. The van der Waals surface area contributed by atoms with Crippen LogP contribution in [0.4, 0.5) is 13.2 Å². The number of aromatic nitrogens is 3. The molecule has 7 rings (SSSR count). The second kappa shape index (κ2) is 10.7. The Morgan fingerprint density at radius 2 is 1.91 bits per heavy atom. The first kappa shape index (κ1) is 31.5. The normalized spacial score (nSPS) is 25.6. The third kappa shape index (κ3) is 4.96. The highest BCUT2D eigenvalue weighted by Crippen LogP contribution is 2.55. The topological polar surface area (TPSA) is 119 Å². The van der Waals surface area contributed by atoms with Crippen LogP contribution < -0.4 is 9.46 Å². The van der Waals surface area contributed by atoms with Gasteiger partial charge in [0.15, 0.2) is 0 Å². The fourth-order valence-electron chi connectivity index (χ4n) is 7.38. The standard InChI is InChI=1S/C34H33F3N6O3S/c1-32(2,3)47(45)41-34(15-33(4,16-34)17-38)28-21(35)11-19(14-39-28)18-9-10-22-23(12-18)43-24-13-25(29(43)40-22)42(5)30(44)20-7-6-8-26(27(20)24)46-31(36)37/h6-12,14,24-25,31,41H,13,15-16H2,1-5H3/t24-,25-,33-,34+,47+/m1/s1. The SMILES string of the molecule is CN1C(=O)c2cccc(OC(F)F)c2[C@H]2C[C@@H]1c1nc3ccc(-c4cnc([C@]5(N[S@@+]([O-])C(C)(C)C)C[C@@](C)(C#N)C5)c(F)c4)cc3n12. The summed E-state index contributed by atoms with van der Waals surface area (Å²) in [4.78, 5) is 24.4. The maximum absolute atomic E-state index is 16.0. The summed E-state index contributed by atoms with van der Waals surface area (Å²) in [6.45, 7) is 4.18. The Hall–Kier alpha value is -4.12. The second-order valence-electron chi connectivity index (χ2n) is 14.0. The number of hydrogen-bond acceptors (Lipinski definition) is 7. The van der Waals surface area contributed by atoms with Crippen LogP contribution in [0.1, 0.15) is 86.5 Å². The van der Waals surface area contributed by atoms with Crippen LogP contribution in [0.15, 0.2) is 48.7 Å². The number of nitriles is 1. The average molecular weight is 663 g/mol. The zero-order valence-electron chi connectivity index (χ0n) is 26.5. The quantitative estimate of drug-likeness (QED) is 0.233. The number of nitrogens with one attached hydrogen (secondary N) is 1. The van der Waals surface area contributed by atoms with Gasteiger partial charge < -0.3 is 18.8 Å². The monoisotopic (exact) mass is 662 g/mol. The number of pyridine rings is 1. The molecule has 1 saturated carbocycles. The summed E-state index contributed by atoms with van der Waals surface area (Å²) in [6, 6.07) is 12.8. The van der Waals surface area contributed by atoms with Gasteiger partial charge in [0.05, 0.1) is 34.6 Å². The van der Waals surface area contributed by atoms with Crippen LogP contribution in [-0.2, 0) is 16.9 Å². The van der Waals surface area contributed by atoms with Gasteiger partial charge in [0.25, 0.3) is 5.91 Å². The molecule has 47 heavy (non-hydrogen) atoms. The van der Waals surface area contributed by atoms with Crippen LogP contribution in [0, 0.1) is 22.6 Å². The van der Waals surface area contributed by atoms with E-state index in [1.807, 2.05) is 31.4 Å². The van der Waals surface area contributed by atoms with Crippen molar-refractivity contribution < 1.29 is 27.3 Å². The van der Waals surface area contributed by atoms with E-state index in [9.17, 15) is 23.4 Å². The van der Waals surface area contributed by atoms with Gasteiger partial charge in [0, 0.05) is 47.7 Å². The van der Waals surface area contributed by atoms with Crippen LogP contribution in [0.2, 0.25) is 0 Å². The van der Waals surface area contributed by atoms with Crippen molar-refractivity contribution in [1.82, 2.24) is 24.2 Å². The number of carbonyl (C=O) groups excluding carboxylic acids is 1. The first-order valence-corrected chi connectivity index (χ1v) is 16.4. The minimum absolute atomic E-state index is 0.0592. The smallest absolute Gasteiger partial charge is 0.387 e. The number of fused-ring (bicyclic) bond motifs is 9. The molecule has 4 aromatic rings. The van der Waals surface area contributed by atoms with Crippen LogP contribution >= 0.6 is 0 Å². The van der Waals surface area contributed by atoms with Crippen molar-refractivity contribution in [3.05, 3.63) is 77.1 Å². The molecule has 244 valence electrons. The Labute approximate surface area is 273 Å². The molecule has 0 unspecified atom stereocenters. The minimum atomic E-state index is -3.07. The molecule has 0 radical (unpaired) electrons. The molecule has 1 aliphatic carbocycles. The summed E-state index contributed by atoms with van der Waals surface area (Å²) in [5.41, 5.74) is 1.48. The molecule has 2 bridgehead atoms. The third-order valence-electron chi connectivity index (χ3n) is 9.53. The largest absolute Gasteiger partial charge is 0.598 e. The molecule has 1 fully saturated rings. The number of benzene rings is 2. The van der Waals surface area contributed by atoms with Gasteiger partial charge >= 0.3 is 6.61 Å². The number of imidazole rings is 1. The highest BCUT2D eigenvalue weighted by atomic mass is 32.2. The average Bonchev–Trinajstić information content (AvgIpc) is 3.52. The number of amides is 1. The van der Waals surface area contributed by atoms with E-state index < -0.39 is 51.6 Å². The summed E-state index contributed by atoms with van der Waals surface area (Å²) in [5.74, 6) is -0.320. The van der Waals surface area contributed by atoms with Crippen LogP contribution in [-0.4, -0.2) is 48.3 Å². The lowest BCUT2D eigenvalue weighted by Gasteiger charge is -2.50. The van der Waals surface area contributed by atoms with Crippen molar-refractivity contribution in [2.75, 3.05) is 7.05 Å². The molecular formula is C34H33F3N6O3S. The molecule has 2 aromatic heterocycles. The van der Waals surface area contributed by atoms with Crippen molar-refractivity contribution >= 4 is 28.3 Å². The van der Waals surface area contributed by atoms with E-state index in [1.165, 1.54) is 18.2 Å². The molecule has 1 amide bonds. The fraction of sp³-hybridized carbons (Fsp3) is 0.412. The summed E-state index contributed by atoms with van der Waals surface area (Å²) in [6.07, 6.45) is 2.51. The Morgan fingerprint density at radius 1 is 1.17 bits per heavy atom. The molecule has 4 heterocycles. The summed E-state index contributed by atoms with van der Waals surface area (Å²) in [5, 5.41) is 9.69. The van der Waals surface area contributed by atoms with Gasteiger partial charge in [-0.3, -0.25) is 9.78 Å². The van der Waals surface area contributed by atoms with Crippen molar-refractivity contribution in [3.63, 3.8) is 0 Å². The molecule has 9 nitrogen and oxygen atoms in total. The molecule has 13 heteroatoms. The Morgan fingerprint density at radius 3 is 2.57 bits per heavy atom. The molecule has 3 aliphatic rings. The maximum atomic E-state index is 16.0. The first-order chi connectivity index (χ1) is 22.1. The zero-order chi connectivity index (χ0) is 33.6. The fourth-order valence-corrected chi connectivity index (χ4v) is 8.29. The number of nitrogens with zero attached hydrogens (tertiary/aromatic N) is 5. The number of hydrogen-bond donors (Lipinski definition) is 1. The lowest BCUT2D eigenvalue weighted by atomic mass is 9.58. The van der Waals surface area contributed by atoms with Crippen molar-refractivity contribution in [3.8, 4) is 22.9 Å². The molecule has 1 N–H and O–H groups in total. The van der Waals surface area contributed by atoms with Crippen molar-refractivity contribution in [2.24, 2.45) is 5.41 Å². The van der Waals surface area contributed by atoms with E-state index in [0.717, 1.165) is 0 Å².